The molecule has 1 heterocycles. The third kappa shape index (κ3) is 3.24. The molecule has 0 saturated carbocycles. The molecule has 0 aromatic heterocycles. The monoisotopic (exact) mass is 361 g/mol. The highest BCUT2D eigenvalue weighted by Gasteiger charge is 2.37. The maximum Gasteiger partial charge on any atom is 0.243 e. The third-order valence-electron chi connectivity index (χ3n) is 4.71. The van der Waals surface area contributed by atoms with Gasteiger partial charge in [-0.15, -0.1) is 0 Å². The van der Waals surface area contributed by atoms with Gasteiger partial charge in [0.2, 0.25) is 10.0 Å². The molecular formula is C19H23NO4S. The van der Waals surface area contributed by atoms with Crippen LogP contribution in [0, 0.1) is 6.92 Å². The van der Waals surface area contributed by atoms with Crippen LogP contribution in [-0.2, 0) is 10.0 Å². The second kappa shape index (κ2) is 7.06. The Bertz CT molecular complexity index is 863. The topological polar surface area (TPSA) is 55.8 Å². The van der Waals surface area contributed by atoms with Crippen LogP contribution >= 0.6 is 0 Å². The van der Waals surface area contributed by atoms with Crippen molar-refractivity contribution in [3.05, 3.63) is 53.6 Å². The van der Waals surface area contributed by atoms with E-state index in [4.69, 9.17) is 9.47 Å². The average Bonchev–Trinajstić information content (AvgIpc) is 3.11. The van der Waals surface area contributed by atoms with E-state index in [1.807, 2.05) is 31.2 Å². The number of aryl methyl sites for hydroxylation is 1. The Balaban J connectivity index is 2.00. The Hall–Kier alpha value is -2.05. The zero-order valence-electron chi connectivity index (χ0n) is 14.7. The highest BCUT2D eigenvalue weighted by molar-refractivity contribution is 7.89. The van der Waals surface area contributed by atoms with E-state index in [9.17, 15) is 8.42 Å². The van der Waals surface area contributed by atoms with Crippen molar-refractivity contribution in [2.24, 2.45) is 0 Å². The molecule has 0 spiro atoms. The Labute approximate surface area is 149 Å². The summed E-state index contributed by atoms with van der Waals surface area (Å²) < 4.78 is 38.5. The molecule has 0 aliphatic carbocycles. The highest BCUT2D eigenvalue weighted by Crippen LogP contribution is 2.39. The number of nitrogens with zero attached hydrogens (tertiary/aromatic N) is 1. The smallest absolute Gasteiger partial charge is 0.243 e. The van der Waals surface area contributed by atoms with Crippen molar-refractivity contribution in [2.75, 3.05) is 20.8 Å². The number of sulfonamides is 1. The molecule has 1 atom stereocenters. The molecule has 6 heteroatoms. The molecule has 2 aromatic carbocycles. The molecule has 1 aliphatic heterocycles. The summed E-state index contributed by atoms with van der Waals surface area (Å²) in [5.74, 6) is 0.925. The van der Waals surface area contributed by atoms with Gasteiger partial charge in [0, 0.05) is 12.6 Å². The van der Waals surface area contributed by atoms with Gasteiger partial charge < -0.3 is 9.47 Å². The largest absolute Gasteiger partial charge is 0.493 e. The number of rotatable bonds is 5. The molecule has 0 N–H and O–H groups in total. The first-order chi connectivity index (χ1) is 12.0. The van der Waals surface area contributed by atoms with Crippen LogP contribution in [0.4, 0.5) is 0 Å². The summed E-state index contributed by atoms with van der Waals surface area (Å²) >= 11 is 0. The summed E-state index contributed by atoms with van der Waals surface area (Å²) in [5.41, 5.74) is 2.19. The summed E-state index contributed by atoms with van der Waals surface area (Å²) in [4.78, 5) is 0.227. The van der Waals surface area contributed by atoms with Gasteiger partial charge in [-0.1, -0.05) is 24.3 Å². The van der Waals surface area contributed by atoms with Crippen molar-refractivity contribution in [1.29, 1.82) is 0 Å². The van der Waals surface area contributed by atoms with Crippen LogP contribution in [0.2, 0.25) is 0 Å². The average molecular weight is 361 g/mol. The molecule has 0 radical (unpaired) electrons. The van der Waals surface area contributed by atoms with Gasteiger partial charge in [0.05, 0.1) is 25.2 Å². The van der Waals surface area contributed by atoms with Gasteiger partial charge in [-0.05, 0) is 43.0 Å². The van der Waals surface area contributed by atoms with Crippen molar-refractivity contribution >= 4 is 10.0 Å². The Kier molecular flexibility index (Phi) is 5.01. The third-order valence-corrected chi connectivity index (χ3v) is 6.62. The van der Waals surface area contributed by atoms with Gasteiger partial charge in [0.25, 0.3) is 0 Å². The Morgan fingerprint density at radius 3 is 2.44 bits per heavy atom. The van der Waals surface area contributed by atoms with Crippen LogP contribution < -0.4 is 9.47 Å². The lowest BCUT2D eigenvalue weighted by Crippen LogP contribution is -2.31. The lowest BCUT2D eigenvalue weighted by atomic mass is 10.0. The maximum absolute atomic E-state index is 13.2. The summed E-state index contributed by atoms with van der Waals surface area (Å²) in [6.45, 7) is 2.55. The molecule has 25 heavy (non-hydrogen) atoms. The number of hydrogen-bond acceptors (Lipinski definition) is 4. The van der Waals surface area contributed by atoms with Crippen LogP contribution in [-0.4, -0.2) is 33.5 Å². The molecule has 1 saturated heterocycles. The van der Waals surface area contributed by atoms with Crippen molar-refractivity contribution < 1.29 is 17.9 Å². The van der Waals surface area contributed by atoms with E-state index in [1.54, 1.807) is 16.4 Å². The summed E-state index contributed by atoms with van der Waals surface area (Å²) in [6, 6.07) is 12.6. The van der Waals surface area contributed by atoms with Gasteiger partial charge >= 0.3 is 0 Å². The van der Waals surface area contributed by atoms with Crippen LogP contribution in [0.5, 0.6) is 11.5 Å². The lowest BCUT2D eigenvalue weighted by molar-refractivity contribution is 0.353. The van der Waals surface area contributed by atoms with E-state index < -0.39 is 10.0 Å². The van der Waals surface area contributed by atoms with Crippen LogP contribution in [0.15, 0.2) is 47.4 Å². The van der Waals surface area contributed by atoms with Gasteiger partial charge in [0.15, 0.2) is 11.5 Å². The van der Waals surface area contributed by atoms with Gasteiger partial charge in [-0.2, -0.15) is 4.31 Å². The van der Waals surface area contributed by atoms with E-state index in [0.29, 0.717) is 18.0 Å². The second-order valence-electron chi connectivity index (χ2n) is 6.15. The molecule has 3 rings (SSSR count). The molecular weight excluding hydrogens is 338 g/mol. The van der Waals surface area contributed by atoms with Crippen LogP contribution in [0.3, 0.4) is 0 Å². The van der Waals surface area contributed by atoms with E-state index >= 15 is 0 Å². The first kappa shape index (κ1) is 17.8. The van der Waals surface area contributed by atoms with Gasteiger partial charge in [-0.3, -0.25) is 0 Å². The van der Waals surface area contributed by atoms with Crippen molar-refractivity contribution in [2.45, 2.75) is 30.7 Å². The zero-order valence-corrected chi connectivity index (χ0v) is 15.5. The first-order valence-electron chi connectivity index (χ1n) is 8.28. The summed E-state index contributed by atoms with van der Waals surface area (Å²) in [6.07, 6.45) is 1.68. The standard InChI is InChI=1S/C19H23NO4S/c1-14-7-4-5-8-16(14)17-9-6-12-20(17)25(21,22)15-10-11-18(23-2)19(13-15)24-3/h4-5,7-8,10-11,13,17H,6,9,12H2,1-3H3/t17-/m1/s1. The molecule has 1 aliphatic rings. The predicted molar refractivity (Wildman–Crippen MR) is 96.6 cm³/mol. The van der Waals surface area contributed by atoms with Crippen molar-refractivity contribution in [3.63, 3.8) is 0 Å². The minimum atomic E-state index is -3.61. The fourth-order valence-corrected chi connectivity index (χ4v) is 5.10. The molecule has 1 fully saturated rings. The minimum Gasteiger partial charge on any atom is -0.493 e. The van der Waals surface area contributed by atoms with Crippen molar-refractivity contribution in [3.8, 4) is 11.5 Å². The summed E-state index contributed by atoms with van der Waals surface area (Å²) in [5, 5.41) is 0. The summed E-state index contributed by atoms with van der Waals surface area (Å²) in [7, 11) is -0.584. The molecule has 0 unspecified atom stereocenters. The highest BCUT2D eigenvalue weighted by atomic mass is 32.2. The van der Waals surface area contributed by atoms with Gasteiger partial charge in [0.1, 0.15) is 0 Å². The zero-order chi connectivity index (χ0) is 18.0. The molecule has 134 valence electrons. The molecule has 0 amide bonds. The van der Waals surface area contributed by atoms with E-state index in [1.165, 1.54) is 20.3 Å². The number of ether oxygens (including phenoxy) is 2. The van der Waals surface area contributed by atoms with Crippen LogP contribution in [0.1, 0.15) is 30.0 Å². The quantitative estimate of drug-likeness (QED) is 0.817. The SMILES string of the molecule is COc1ccc(S(=O)(=O)N2CCC[C@@H]2c2ccccc2C)cc1OC. The van der Waals surface area contributed by atoms with E-state index in [-0.39, 0.29) is 10.9 Å². The van der Waals surface area contributed by atoms with E-state index in [2.05, 4.69) is 0 Å². The molecule has 5 nitrogen and oxygen atoms in total. The van der Waals surface area contributed by atoms with Gasteiger partial charge in [-0.25, -0.2) is 8.42 Å². The molecule has 0 bridgehead atoms. The normalized spacial score (nSPS) is 18.3. The Morgan fingerprint density at radius 1 is 1.04 bits per heavy atom. The van der Waals surface area contributed by atoms with Crippen molar-refractivity contribution in [1.82, 2.24) is 4.31 Å². The van der Waals surface area contributed by atoms with E-state index in [0.717, 1.165) is 24.0 Å². The number of benzene rings is 2. The number of hydrogen-bond donors (Lipinski definition) is 0. The maximum atomic E-state index is 13.2. The number of methoxy groups -OCH3 is 2. The minimum absolute atomic E-state index is 0.126. The lowest BCUT2D eigenvalue weighted by Gasteiger charge is -2.26. The second-order valence-corrected chi connectivity index (χ2v) is 8.04. The first-order valence-corrected chi connectivity index (χ1v) is 9.72. The Morgan fingerprint density at radius 2 is 1.76 bits per heavy atom. The fourth-order valence-electron chi connectivity index (χ4n) is 3.41. The fraction of sp³-hybridized carbons (Fsp3) is 0.368. The molecule has 2 aromatic rings. The van der Waals surface area contributed by atoms with Crippen LogP contribution in [0.25, 0.3) is 0 Å². The predicted octanol–water partition coefficient (Wildman–Crippen LogP) is 3.54.